The molecule has 0 amide bonds. The summed E-state index contributed by atoms with van der Waals surface area (Å²) in [4.78, 5) is 4.25. The molecule has 1 aromatic heterocycles. The predicted octanol–water partition coefficient (Wildman–Crippen LogP) is 2.66. The maximum Gasteiger partial charge on any atom is 0.232 e. The molecule has 0 saturated heterocycles. The van der Waals surface area contributed by atoms with Crippen LogP contribution in [-0.4, -0.2) is 44.6 Å². The highest BCUT2D eigenvalue weighted by Gasteiger charge is 2.05. The van der Waals surface area contributed by atoms with E-state index >= 15 is 0 Å². The molecule has 0 spiro atoms. The maximum absolute atomic E-state index is 6.16. The molecule has 1 aromatic rings. The molecule has 0 bridgehead atoms. The van der Waals surface area contributed by atoms with Gasteiger partial charge in [0, 0.05) is 38.9 Å². The number of ether oxygens (including phenoxy) is 3. The first-order chi connectivity index (χ1) is 10.1. The molecule has 0 aliphatic carbocycles. The lowest BCUT2D eigenvalue weighted by molar-refractivity contribution is 0.0642. The van der Waals surface area contributed by atoms with Crippen LogP contribution in [0.3, 0.4) is 0 Å². The highest BCUT2D eigenvalue weighted by molar-refractivity contribution is 6.31. The van der Waals surface area contributed by atoms with Crippen molar-refractivity contribution in [3.8, 4) is 5.88 Å². The molecule has 0 aromatic carbocycles. The first-order valence-electron chi connectivity index (χ1n) is 7.20. The van der Waals surface area contributed by atoms with Crippen LogP contribution >= 0.6 is 11.6 Å². The molecule has 120 valence electrons. The average molecular weight is 317 g/mol. The molecule has 1 heterocycles. The van der Waals surface area contributed by atoms with Crippen LogP contribution in [-0.2, 0) is 16.0 Å². The second-order valence-electron chi connectivity index (χ2n) is 4.97. The second kappa shape index (κ2) is 10.8. The molecule has 0 aliphatic rings. The molecule has 21 heavy (non-hydrogen) atoms. The Labute approximate surface area is 131 Å². The van der Waals surface area contributed by atoms with Crippen molar-refractivity contribution in [1.29, 1.82) is 0 Å². The molecular formula is C15H25ClN2O3. The van der Waals surface area contributed by atoms with Gasteiger partial charge in [0.25, 0.3) is 0 Å². The lowest BCUT2D eigenvalue weighted by Crippen LogP contribution is -2.21. The molecule has 6 heteroatoms. The van der Waals surface area contributed by atoms with Gasteiger partial charge in [0.15, 0.2) is 0 Å². The van der Waals surface area contributed by atoms with Gasteiger partial charge in [-0.1, -0.05) is 25.4 Å². The van der Waals surface area contributed by atoms with Crippen molar-refractivity contribution in [2.75, 3.05) is 33.5 Å². The summed E-state index contributed by atoms with van der Waals surface area (Å²) in [5, 5.41) is 3.86. The Hall–Kier alpha value is -0.880. The van der Waals surface area contributed by atoms with Crippen LogP contribution in [0.1, 0.15) is 25.8 Å². The first kappa shape index (κ1) is 18.2. The highest BCUT2D eigenvalue weighted by Crippen LogP contribution is 2.22. The van der Waals surface area contributed by atoms with Gasteiger partial charge >= 0.3 is 0 Å². The van der Waals surface area contributed by atoms with E-state index in [0.717, 1.165) is 18.5 Å². The Morgan fingerprint density at radius 1 is 1.24 bits per heavy atom. The fourth-order valence-corrected chi connectivity index (χ4v) is 1.81. The standard InChI is InChI=1S/C15H25ClN2O3/c1-12(2)17-10-13-9-14(16)15(18-11-13)21-6-4-5-20-8-7-19-3/h9,11-12,17H,4-8,10H2,1-3H3. The van der Waals surface area contributed by atoms with Crippen LogP contribution in [0.25, 0.3) is 0 Å². The van der Waals surface area contributed by atoms with E-state index in [4.69, 9.17) is 25.8 Å². The SMILES string of the molecule is COCCOCCCOc1ncc(CNC(C)C)cc1Cl. The molecule has 0 fully saturated rings. The Kier molecular flexibility index (Phi) is 9.34. The van der Waals surface area contributed by atoms with Crippen molar-refractivity contribution in [3.05, 3.63) is 22.8 Å². The Balaban J connectivity index is 2.26. The third-order valence-corrected chi connectivity index (χ3v) is 2.95. The molecule has 5 nitrogen and oxygen atoms in total. The molecule has 0 aliphatic heterocycles. The van der Waals surface area contributed by atoms with Crippen LogP contribution < -0.4 is 10.1 Å². The fraction of sp³-hybridized carbons (Fsp3) is 0.667. The van der Waals surface area contributed by atoms with Gasteiger partial charge in [-0.2, -0.15) is 0 Å². The van der Waals surface area contributed by atoms with Crippen LogP contribution in [0.15, 0.2) is 12.3 Å². The third kappa shape index (κ3) is 8.21. The summed E-state index contributed by atoms with van der Waals surface area (Å²) >= 11 is 6.16. The largest absolute Gasteiger partial charge is 0.477 e. The van der Waals surface area contributed by atoms with E-state index in [-0.39, 0.29) is 0 Å². The first-order valence-corrected chi connectivity index (χ1v) is 7.58. The lowest BCUT2D eigenvalue weighted by Gasteiger charge is -2.10. The quantitative estimate of drug-likeness (QED) is 0.636. The number of nitrogens with one attached hydrogen (secondary N) is 1. The van der Waals surface area contributed by atoms with Crippen molar-refractivity contribution in [2.24, 2.45) is 0 Å². The van der Waals surface area contributed by atoms with Gasteiger partial charge in [-0.25, -0.2) is 4.98 Å². The van der Waals surface area contributed by atoms with E-state index in [1.807, 2.05) is 6.07 Å². The number of halogens is 1. The van der Waals surface area contributed by atoms with E-state index in [0.29, 0.717) is 43.4 Å². The fourth-order valence-electron chi connectivity index (χ4n) is 1.56. The van der Waals surface area contributed by atoms with Gasteiger partial charge in [0.1, 0.15) is 5.02 Å². The molecule has 0 radical (unpaired) electrons. The van der Waals surface area contributed by atoms with Crippen molar-refractivity contribution in [2.45, 2.75) is 32.9 Å². The zero-order chi connectivity index (χ0) is 15.5. The number of pyridine rings is 1. The number of hydrogen-bond donors (Lipinski definition) is 1. The minimum Gasteiger partial charge on any atom is -0.477 e. The van der Waals surface area contributed by atoms with Gasteiger partial charge in [0.05, 0.1) is 19.8 Å². The molecule has 1 N–H and O–H groups in total. The van der Waals surface area contributed by atoms with Crippen molar-refractivity contribution in [1.82, 2.24) is 10.3 Å². The van der Waals surface area contributed by atoms with Crippen LogP contribution in [0.5, 0.6) is 5.88 Å². The monoisotopic (exact) mass is 316 g/mol. The zero-order valence-corrected chi connectivity index (χ0v) is 13.8. The molecule has 0 atom stereocenters. The summed E-state index contributed by atoms with van der Waals surface area (Å²) in [7, 11) is 1.65. The van der Waals surface area contributed by atoms with Gasteiger partial charge in [-0.3, -0.25) is 0 Å². The van der Waals surface area contributed by atoms with Crippen LogP contribution in [0.4, 0.5) is 0 Å². The van der Waals surface area contributed by atoms with Crippen molar-refractivity contribution >= 4 is 11.6 Å². The third-order valence-electron chi connectivity index (χ3n) is 2.68. The van der Waals surface area contributed by atoms with Gasteiger partial charge in [-0.15, -0.1) is 0 Å². The van der Waals surface area contributed by atoms with E-state index < -0.39 is 0 Å². The van der Waals surface area contributed by atoms with E-state index in [2.05, 4.69) is 24.1 Å². The summed E-state index contributed by atoms with van der Waals surface area (Å²) in [6, 6.07) is 2.31. The molecule has 0 unspecified atom stereocenters. The molecular weight excluding hydrogens is 292 g/mol. The van der Waals surface area contributed by atoms with Gasteiger partial charge < -0.3 is 19.5 Å². The summed E-state index contributed by atoms with van der Waals surface area (Å²) < 4.78 is 15.8. The minimum absolute atomic E-state index is 0.429. The average Bonchev–Trinajstić information content (AvgIpc) is 2.46. The van der Waals surface area contributed by atoms with Crippen molar-refractivity contribution in [3.63, 3.8) is 0 Å². The Bertz CT molecular complexity index is 403. The smallest absolute Gasteiger partial charge is 0.232 e. The van der Waals surface area contributed by atoms with E-state index in [1.54, 1.807) is 13.3 Å². The van der Waals surface area contributed by atoms with E-state index in [1.165, 1.54) is 0 Å². The number of aromatic nitrogens is 1. The second-order valence-corrected chi connectivity index (χ2v) is 5.38. The highest BCUT2D eigenvalue weighted by atomic mass is 35.5. The Morgan fingerprint density at radius 2 is 2.05 bits per heavy atom. The zero-order valence-electron chi connectivity index (χ0n) is 13.0. The predicted molar refractivity (Wildman–Crippen MR) is 84.0 cm³/mol. The minimum atomic E-state index is 0.429. The summed E-state index contributed by atoms with van der Waals surface area (Å²) in [6.45, 7) is 7.33. The summed E-state index contributed by atoms with van der Waals surface area (Å²) in [5.74, 6) is 0.474. The van der Waals surface area contributed by atoms with Crippen LogP contribution in [0, 0.1) is 0 Å². The lowest BCUT2D eigenvalue weighted by atomic mass is 10.2. The number of rotatable bonds is 11. The Morgan fingerprint density at radius 3 is 2.71 bits per heavy atom. The molecule has 0 saturated carbocycles. The van der Waals surface area contributed by atoms with Gasteiger partial charge in [-0.05, 0) is 11.6 Å². The topological polar surface area (TPSA) is 52.6 Å². The van der Waals surface area contributed by atoms with E-state index in [9.17, 15) is 0 Å². The number of methoxy groups -OCH3 is 1. The molecule has 1 rings (SSSR count). The normalized spacial score (nSPS) is 11.1. The van der Waals surface area contributed by atoms with Crippen LogP contribution in [0.2, 0.25) is 5.02 Å². The van der Waals surface area contributed by atoms with Crippen molar-refractivity contribution < 1.29 is 14.2 Å². The maximum atomic E-state index is 6.16. The summed E-state index contributed by atoms with van der Waals surface area (Å²) in [5.41, 5.74) is 1.05. The van der Waals surface area contributed by atoms with Gasteiger partial charge in [0.2, 0.25) is 5.88 Å². The number of hydrogen-bond acceptors (Lipinski definition) is 5. The summed E-state index contributed by atoms with van der Waals surface area (Å²) in [6.07, 6.45) is 2.57. The number of nitrogens with zero attached hydrogens (tertiary/aromatic N) is 1.